The lowest BCUT2D eigenvalue weighted by Crippen LogP contribution is -2.23. The first-order valence-electron chi connectivity index (χ1n) is 4.80. The molecule has 78 valence electrons. The van der Waals surface area contributed by atoms with E-state index < -0.39 is 0 Å². The molecule has 0 aromatic carbocycles. The molecule has 14 heavy (non-hydrogen) atoms. The molecule has 0 aliphatic carbocycles. The number of hydrogen-bond acceptors (Lipinski definition) is 4. The van der Waals surface area contributed by atoms with Crippen LogP contribution in [0, 0.1) is 0 Å². The number of nitrogens with zero attached hydrogens (tertiary/aromatic N) is 2. The lowest BCUT2D eigenvalue weighted by atomic mass is 10.2. The third-order valence-electron chi connectivity index (χ3n) is 1.68. The van der Waals surface area contributed by atoms with Gasteiger partial charge in [0, 0.05) is 12.0 Å². The van der Waals surface area contributed by atoms with Crippen LogP contribution in [0.25, 0.3) is 0 Å². The highest BCUT2D eigenvalue weighted by Gasteiger charge is 2.03. The molecule has 0 bridgehead atoms. The lowest BCUT2D eigenvalue weighted by molar-refractivity contribution is 0.293. The van der Waals surface area contributed by atoms with Gasteiger partial charge in [-0.2, -0.15) is 0 Å². The van der Waals surface area contributed by atoms with Crippen molar-refractivity contribution in [3.05, 3.63) is 18.2 Å². The maximum atomic E-state index is 5.55. The summed E-state index contributed by atoms with van der Waals surface area (Å²) in [4.78, 5) is 8.36. The van der Waals surface area contributed by atoms with Gasteiger partial charge in [0.2, 0.25) is 0 Å². The Morgan fingerprint density at radius 2 is 1.86 bits per heavy atom. The van der Waals surface area contributed by atoms with Gasteiger partial charge in [-0.15, -0.1) is 0 Å². The second kappa shape index (κ2) is 4.91. The molecule has 1 heterocycles. The highest BCUT2D eigenvalue weighted by molar-refractivity contribution is 5.13. The van der Waals surface area contributed by atoms with Gasteiger partial charge in [0.25, 0.3) is 0 Å². The summed E-state index contributed by atoms with van der Waals surface area (Å²) in [6, 6.07) is 0.0276. The fraction of sp³-hybridized carbons (Fsp3) is 0.600. The maximum Gasteiger partial charge on any atom is 0.155 e. The van der Waals surface area contributed by atoms with Crippen molar-refractivity contribution < 1.29 is 4.74 Å². The first-order chi connectivity index (χ1) is 6.59. The van der Waals surface area contributed by atoms with Crippen molar-refractivity contribution in [2.45, 2.75) is 32.7 Å². The quantitative estimate of drug-likeness (QED) is 0.787. The highest BCUT2D eigenvalue weighted by Crippen LogP contribution is 2.11. The van der Waals surface area contributed by atoms with E-state index in [-0.39, 0.29) is 6.04 Å². The van der Waals surface area contributed by atoms with Crippen molar-refractivity contribution in [3.63, 3.8) is 0 Å². The number of rotatable bonds is 4. The van der Waals surface area contributed by atoms with E-state index in [4.69, 9.17) is 10.5 Å². The maximum absolute atomic E-state index is 5.55. The number of nitrogens with two attached hydrogens (primary N) is 1. The normalized spacial score (nSPS) is 12.9. The van der Waals surface area contributed by atoms with Gasteiger partial charge in [0.05, 0.1) is 12.4 Å². The molecule has 0 aliphatic rings. The van der Waals surface area contributed by atoms with Gasteiger partial charge < -0.3 is 10.5 Å². The number of ether oxygens (including phenoxy) is 1. The standard InChI is InChI=1S/C10H17N3O/c1-7(2)10-12-4-9(5-13-10)14-6-8(3)11/h4-5,7-8H,6,11H2,1-3H3. The Morgan fingerprint density at radius 3 is 2.29 bits per heavy atom. The van der Waals surface area contributed by atoms with Crippen LogP contribution in [0.5, 0.6) is 5.75 Å². The molecule has 1 atom stereocenters. The molecular formula is C10H17N3O. The molecule has 0 radical (unpaired) electrons. The second-order valence-electron chi connectivity index (χ2n) is 3.72. The van der Waals surface area contributed by atoms with Crippen molar-refractivity contribution >= 4 is 0 Å². The molecule has 0 spiro atoms. The van der Waals surface area contributed by atoms with E-state index >= 15 is 0 Å². The third kappa shape index (κ3) is 3.30. The number of hydrogen-bond donors (Lipinski definition) is 1. The highest BCUT2D eigenvalue weighted by atomic mass is 16.5. The Kier molecular flexibility index (Phi) is 3.83. The van der Waals surface area contributed by atoms with E-state index in [0.29, 0.717) is 18.3 Å². The largest absolute Gasteiger partial charge is 0.489 e. The third-order valence-corrected chi connectivity index (χ3v) is 1.68. The van der Waals surface area contributed by atoms with Crippen molar-refractivity contribution in [3.8, 4) is 5.75 Å². The Labute approximate surface area is 84.5 Å². The van der Waals surface area contributed by atoms with Crippen LogP contribution in [-0.4, -0.2) is 22.6 Å². The zero-order chi connectivity index (χ0) is 10.6. The molecule has 0 amide bonds. The minimum atomic E-state index is 0.0276. The molecule has 4 nitrogen and oxygen atoms in total. The van der Waals surface area contributed by atoms with Crippen molar-refractivity contribution in [2.24, 2.45) is 5.73 Å². The fourth-order valence-corrected chi connectivity index (χ4v) is 0.927. The summed E-state index contributed by atoms with van der Waals surface area (Å²) in [6.45, 7) is 6.49. The lowest BCUT2D eigenvalue weighted by Gasteiger charge is -2.08. The van der Waals surface area contributed by atoms with Crippen LogP contribution in [0.2, 0.25) is 0 Å². The topological polar surface area (TPSA) is 61.0 Å². The summed E-state index contributed by atoms with van der Waals surface area (Å²) in [5.74, 6) is 1.85. The molecular weight excluding hydrogens is 178 g/mol. The van der Waals surface area contributed by atoms with Gasteiger partial charge in [0.1, 0.15) is 12.4 Å². The molecule has 1 aromatic heterocycles. The van der Waals surface area contributed by atoms with E-state index in [9.17, 15) is 0 Å². The smallest absolute Gasteiger partial charge is 0.155 e. The van der Waals surface area contributed by atoms with Gasteiger partial charge in [-0.1, -0.05) is 13.8 Å². The van der Waals surface area contributed by atoms with Crippen LogP contribution in [-0.2, 0) is 0 Å². The molecule has 0 saturated carbocycles. The Morgan fingerprint density at radius 1 is 1.29 bits per heavy atom. The average molecular weight is 195 g/mol. The fourth-order valence-electron chi connectivity index (χ4n) is 0.927. The Hall–Kier alpha value is -1.16. The molecule has 0 saturated heterocycles. The summed E-state index contributed by atoms with van der Waals surface area (Å²) in [6.07, 6.45) is 3.37. The van der Waals surface area contributed by atoms with E-state index in [0.717, 1.165) is 5.82 Å². The zero-order valence-corrected chi connectivity index (χ0v) is 8.90. The van der Waals surface area contributed by atoms with Crippen LogP contribution in [0.15, 0.2) is 12.4 Å². The predicted octanol–water partition coefficient (Wildman–Crippen LogP) is 1.33. The Balaban J connectivity index is 2.55. The Bertz CT molecular complexity index is 269. The predicted molar refractivity (Wildman–Crippen MR) is 55.3 cm³/mol. The molecule has 0 aliphatic heterocycles. The van der Waals surface area contributed by atoms with Gasteiger partial charge in [-0.25, -0.2) is 9.97 Å². The monoisotopic (exact) mass is 195 g/mol. The first-order valence-corrected chi connectivity index (χ1v) is 4.80. The van der Waals surface area contributed by atoms with Crippen LogP contribution in [0.1, 0.15) is 32.5 Å². The molecule has 0 fully saturated rings. The van der Waals surface area contributed by atoms with E-state index in [1.54, 1.807) is 12.4 Å². The minimum absolute atomic E-state index is 0.0276. The van der Waals surface area contributed by atoms with Crippen LogP contribution < -0.4 is 10.5 Å². The van der Waals surface area contributed by atoms with Gasteiger partial charge in [0.15, 0.2) is 5.75 Å². The first kappa shape index (κ1) is 10.9. The molecule has 1 rings (SSSR count). The average Bonchev–Trinajstić information content (AvgIpc) is 2.15. The van der Waals surface area contributed by atoms with E-state index in [1.165, 1.54) is 0 Å². The van der Waals surface area contributed by atoms with Gasteiger partial charge in [-0.05, 0) is 6.92 Å². The summed E-state index contributed by atoms with van der Waals surface area (Å²) < 4.78 is 5.35. The summed E-state index contributed by atoms with van der Waals surface area (Å²) in [5, 5.41) is 0. The van der Waals surface area contributed by atoms with E-state index in [1.807, 2.05) is 6.92 Å². The van der Waals surface area contributed by atoms with Gasteiger partial charge in [-0.3, -0.25) is 0 Å². The second-order valence-corrected chi connectivity index (χ2v) is 3.72. The van der Waals surface area contributed by atoms with E-state index in [2.05, 4.69) is 23.8 Å². The van der Waals surface area contributed by atoms with Gasteiger partial charge >= 0.3 is 0 Å². The summed E-state index contributed by atoms with van der Waals surface area (Å²) in [7, 11) is 0. The number of aromatic nitrogens is 2. The SMILES string of the molecule is CC(N)COc1cnc(C(C)C)nc1. The van der Waals surface area contributed by atoms with Crippen molar-refractivity contribution in [2.75, 3.05) is 6.61 Å². The molecule has 1 aromatic rings. The van der Waals surface area contributed by atoms with Crippen molar-refractivity contribution in [1.82, 2.24) is 9.97 Å². The molecule has 1 unspecified atom stereocenters. The summed E-state index contributed by atoms with van der Waals surface area (Å²) >= 11 is 0. The van der Waals surface area contributed by atoms with Crippen LogP contribution in [0.4, 0.5) is 0 Å². The van der Waals surface area contributed by atoms with Crippen molar-refractivity contribution in [1.29, 1.82) is 0 Å². The summed E-state index contributed by atoms with van der Waals surface area (Å²) in [5.41, 5.74) is 5.55. The minimum Gasteiger partial charge on any atom is -0.489 e. The van der Waals surface area contributed by atoms with Crippen LogP contribution >= 0.6 is 0 Å². The zero-order valence-electron chi connectivity index (χ0n) is 8.90. The molecule has 2 N–H and O–H groups in total. The molecule has 4 heteroatoms. The van der Waals surface area contributed by atoms with Crippen LogP contribution in [0.3, 0.4) is 0 Å².